The van der Waals surface area contributed by atoms with Crippen LogP contribution >= 0.6 is 0 Å². The molecule has 0 aromatic heterocycles. The van der Waals surface area contributed by atoms with Gasteiger partial charge in [0.05, 0.1) is 12.7 Å². The Morgan fingerprint density at radius 3 is 2.60 bits per heavy atom. The molecule has 0 aromatic carbocycles. The lowest BCUT2D eigenvalue weighted by Crippen LogP contribution is -2.39. The maximum atomic E-state index is 9.55. The van der Waals surface area contributed by atoms with Crippen molar-refractivity contribution in [3.8, 4) is 0 Å². The maximum Gasteiger partial charge on any atom is 0.0589 e. The lowest BCUT2D eigenvalue weighted by Gasteiger charge is -2.30. The number of methoxy groups -OCH3 is 1. The number of rotatable bonds is 6. The van der Waals surface area contributed by atoms with E-state index in [4.69, 9.17) is 4.74 Å². The lowest BCUT2D eigenvalue weighted by molar-refractivity contribution is 0.101. The predicted octanol–water partition coefficient (Wildman–Crippen LogP) is 1.50. The highest BCUT2D eigenvalue weighted by atomic mass is 16.5. The summed E-state index contributed by atoms with van der Waals surface area (Å²) in [5, 5.41) is 9.55. The van der Waals surface area contributed by atoms with E-state index in [1.54, 1.807) is 7.11 Å². The van der Waals surface area contributed by atoms with E-state index in [1.165, 1.54) is 0 Å². The van der Waals surface area contributed by atoms with E-state index < -0.39 is 0 Å². The summed E-state index contributed by atoms with van der Waals surface area (Å²) in [4.78, 5) is 2.48. The Kier molecular flexibility index (Phi) is 5.58. The molecule has 1 rings (SSSR count). The number of hydrogen-bond acceptors (Lipinski definition) is 3. The predicted molar refractivity (Wildman–Crippen MR) is 61.9 cm³/mol. The highest BCUT2D eigenvalue weighted by Crippen LogP contribution is 2.24. The van der Waals surface area contributed by atoms with Crippen molar-refractivity contribution in [2.45, 2.75) is 45.3 Å². The lowest BCUT2D eigenvalue weighted by atomic mass is 10.1. The molecule has 2 atom stereocenters. The Morgan fingerprint density at radius 1 is 1.40 bits per heavy atom. The highest BCUT2D eigenvalue weighted by Gasteiger charge is 2.27. The summed E-state index contributed by atoms with van der Waals surface area (Å²) in [6, 6.07) is 0.567. The first-order chi connectivity index (χ1) is 7.13. The van der Waals surface area contributed by atoms with E-state index in [9.17, 15) is 5.11 Å². The molecule has 0 spiro atoms. The van der Waals surface area contributed by atoms with Crippen molar-refractivity contribution in [2.24, 2.45) is 5.92 Å². The number of hydrogen-bond donors (Lipinski definition) is 1. The molecule has 0 bridgehead atoms. The molecule has 0 amide bonds. The largest absolute Gasteiger partial charge is 0.393 e. The second kappa shape index (κ2) is 6.46. The summed E-state index contributed by atoms with van der Waals surface area (Å²) in [7, 11) is 1.75. The van der Waals surface area contributed by atoms with Crippen LogP contribution in [0.3, 0.4) is 0 Å². The molecule has 90 valence electrons. The van der Waals surface area contributed by atoms with Crippen molar-refractivity contribution in [1.82, 2.24) is 4.90 Å². The zero-order valence-corrected chi connectivity index (χ0v) is 10.3. The minimum absolute atomic E-state index is 0.0767. The van der Waals surface area contributed by atoms with E-state index >= 15 is 0 Å². The van der Waals surface area contributed by atoms with Crippen LogP contribution in [-0.4, -0.2) is 49.0 Å². The van der Waals surface area contributed by atoms with Crippen LogP contribution in [-0.2, 0) is 4.74 Å². The van der Waals surface area contributed by atoms with Crippen molar-refractivity contribution in [2.75, 3.05) is 26.8 Å². The van der Waals surface area contributed by atoms with Crippen LogP contribution in [0.5, 0.6) is 0 Å². The molecule has 0 aliphatic heterocycles. The Labute approximate surface area is 93.4 Å². The van der Waals surface area contributed by atoms with Gasteiger partial charge in [-0.15, -0.1) is 0 Å². The van der Waals surface area contributed by atoms with Gasteiger partial charge in [0.2, 0.25) is 0 Å². The second-order valence-corrected chi connectivity index (χ2v) is 5.00. The third-order valence-corrected chi connectivity index (χ3v) is 3.08. The Bertz CT molecular complexity index is 173. The smallest absolute Gasteiger partial charge is 0.0589 e. The molecule has 1 aliphatic rings. The fourth-order valence-corrected chi connectivity index (χ4v) is 2.37. The van der Waals surface area contributed by atoms with E-state index in [0.717, 1.165) is 39.0 Å². The summed E-state index contributed by atoms with van der Waals surface area (Å²) in [5.41, 5.74) is 0. The normalized spacial score (nSPS) is 26.8. The van der Waals surface area contributed by atoms with Crippen LogP contribution < -0.4 is 0 Å². The van der Waals surface area contributed by atoms with Crippen LogP contribution in [0, 0.1) is 5.92 Å². The van der Waals surface area contributed by atoms with Gasteiger partial charge in [-0.1, -0.05) is 13.8 Å². The van der Waals surface area contributed by atoms with Crippen molar-refractivity contribution >= 4 is 0 Å². The van der Waals surface area contributed by atoms with Crippen LogP contribution in [0.2, 0.25) is 0 Å². The van der Waals surface area contributed by atoms with Crippen LogP contribution in [0.1, 0.15) is 33.1 Å². The molecule has 1 aliphatic carbocycles. The third-order valence-electron chi connectivity index (χ3n) is 3.08. The molecule has 1 fully saturated rings. The summed E-state index contributed by atoms with van der Waals surface area (Å²) in [6.07, 6.45) is 2.97. The Morgan fingerprint density at radius 2 is 2.13 bits per heavy atom. The summed E-state index contributed by atoms with van der Waals surface area (Å²) in [5.74, 6) is 0.680. The molecule has 0 saturated heterocycles. The van der Waals surface area contributed by atoms with Gasteiger partial charge < -0.3 is 9.84 Å². The molecule has 0 radical (unpaired) electrons. The van der Waals surface area contributed by atoms with Gasteiger partial charge in [0.15, 0.2) is 0 Å². The molecule has 1 N–H and O–H groups in total. The molecular weight excluding hydrogens is 190 g/mol. The molecule has 1 saturated carbocycles. The van der Waals surface area contributed by atoms with Gasteiger partial charge in [-0.3, -0.25) is 4.90 Å². The average Bonchev–Trinajstić information content (AvgIpc) is 2.58. The third kappa shape index (κ3) is 4.49. The summed E-state index contributed by atoms with van der Waals surface area (Å²) >= 11 is 0. The zero-order chi connectivity index (χ0) is 11.3. The van der Waals surface area contributed by atoms with E-state index in [1.807, 2.05) is 0 Å². The second-order valence-electron chi connectivity index (χ2n) is 5.00. The topological polar surface area (TPSA) is 32.7 Å². The molecular formula is C12H25NO2. The van der Waals surface area contributed by atoms with Gasteiger partial charge in [0.25, 0.3) is 0 Å². The van der Waals surface area contributed by atoms with E-state index in [-0.39, 0.29) is 6.10 Å². The number of aliphatic hydroxyl groups excluding tert-OH is 1. The van der Waals surface area contributed by atoms with Gasteiger partial charge >= 0.3 is 0 Å². The van der Waals surface area contributed by atoms with Crippen LogP contribution in [0.25, 0.3) is 0 Å². The van der Waals surface area contributed by atoms with Crippen LogP contribution in [0.15, 0.2) is 0 Å². The fourth-order valence-electron chi connectivity index (χ4n) is 2.37. The van der Waals surface area contributed by atoms with Crippen LogP contribution in [0.4, 0.5) is 0 Å². The molecule has 3 heteroatoms. The SMILES string of the molecule is COCCN(CC(C)C)C1CCC(O)C1. The standard InChI is InChI=1S/C12H25NO2/c1-10(2)9-13(6-7-15-3)11-4-5-12(14)8-11/h10-12,14H,4-9H2,1-3H3. The fraction of sp³-hybridized carbons (Fsp3) is 1.00. The monoisotopic (exact) mass is 215 g/mol. The van der Waals surface area contributed by atoms with E-state index in [0.29, 0.717) is 12.0 Å². The number of ether oxygens (including phenoxy) is 1. The van der Waals surface area contributed by atoms with Crippen molar-refractivity contribution < 1.29 is 9.84 Å². The first-order valence-electron chi connectivity index (χ1n) is 6.04. The molecule has 0 heterocycles. The average molecular weight is 215 g/mol. The van der Waals surface area contributed by atoms with Crippen molar-refractivity contribution in [1.29, 1.82) is 0 Å². The number of aliphatic hydroxyl groups is 1. The molecule has 15 heavy (non-hydrogen) atoms. The molecule has 3 nitrogen and oxygen atoms in total. The van der Waals surface area contributed by atoms with Gasteiger partial charge in [-0.05, 0) is 25.2 Å². The minimum Gasteiger partial charge on any atom is -0.393 e. The Hall–Kier alpha value is -0.120. The molecule has 0 aromatic rings. The zero-order valence-electron chi connectivity index (χ0n) is 10.3. The Balaban J connectivity index is 2.40. The summed E-state index contributed by atoms with van der Waals surface area (Å²) < 4.78 is 5.14. The first kappa shape index (κ1) is 12.9. The van der Waals surface area contributed by atoms with Gasteiger partial charge in [-0.25, -0.2) is 0 Å². The van der Waals surface area contributed by atoms with Gasteiger partial charge in [0, 0.05) is 26.2 Å². The van der Waals surface area contributed by atoms with E-state index in [2.05, 4.69) is 18.7 Å². The van der Waals surface area contributed by atoms with Gasteiger partial charge in [-0.2, -0.15) is 0 Å². The first-order valence-corrected chi connectivity index (χ1v) is 6.04. The van der Waals surface area contributed by atoms with Gasteiger partial charge in [0.1, 0.15) is 0 Å². The quantitative estimate of drug-likeness (QED) is 0.729. The minimum atomic E-state index is -0.0767. The summed E-state index contributed by atoms with van der Waals surface area (Å²) in [6.45, 7) is 7.38. The maximum absolute atomic E-state index is 9.55. The van der Waals surface area contributed by atoms with Crippen molar-refractivity contribution in [3.63, 3.8) is 0 Å². The van der Waals surface area contributed by atoms with Crippen molar-refractivity contribution in [3.05, 3.63) is 0 Å². The molecule has 2 unspecified atom stereocenters. The number of nitrogens with zero attached hydrogens (tertiary/aromatic N) is 1. The highest BCUT2D eigenvalue weighted by molar-refractivity contribution is 4.83.